The zero-order valence-electron chi connectivity index (χ0n) is 15.5. The molecule has 27 heavy (non-hydrogen) atoms. The third-order valence-electron chi connectivity index (χ3n) is 4.03. The molecule has 6 nitrogen and oxygen atoms in total. The Labute approximate surface area is 162 Å². The van der Waals surface area contributed by atoms with E-state index in [0.717, 1.165) is 22.7 Å². The van der Waals surface area contributed by atoms with Gasteiger partial charge in [0.15, 0.2) is 11.0 Å². The fraction of sp³-hybridized carbons (Fsp3) is 0.250. The Morgan fingerprint density at radius 3 is 2.89 bits per heavy atom. The largest absolute Gasteiger partial charge is 0.467 e. The molecule has 0 bridgehead atoms. The smallest absolute Gasteiger partial charge is 0.233 e. The highest BCUT2D eigenvalue weighted by Gasteiger charge is 2.17. The van der Waals surface area contributed by atoms with Crippen LogP contribution < -0.4 is 0 Å². The summed E-state index contributed by atoms with van der Waals surface area (Å²) in [6, 6.07) is 11.8. The Bertz CT molecular complexity index is 918. The number of hydrogen-bond donors (Lipinski definition) is 0. The van der Waals surface area contributed by atoms with Gasteiger partial charge in [-0.2, -0.15) is 0 Å². The van der Waals surface area contributed by atoms with Crippen LogP contribution in [0.3, 0.4) is 0 Å². The number of hydrogen-bond acceptors (Lipinski definition) is 5. The number of carbonyl (C=O) groups is 1. The number of rotatable bonds is 8. The molecule has 7 heteroatoms. The lowest BCUT2D eigenvalue weighted by molar-refractivity contribution is -0.127. The Morgan fingerprint density at radius 2 is 2.19 bits per heavy atom. The molecular weight excluding hydrogens is 360 g/mol. The zero-order valence-corrected chi connectivity index (χ0v) is 16.3. The van der Waals surface area contributed by atoms with Crippen molar-refractivity contribution in [3.8, 4) is 11.4 Å². The summed E-state index contributed by atoms with van der Waals surface area (Å²) in [7, 11) is 1.76. The number of nitrogens with zero attached hydrogens (tertiary/aromatic N) is 4. The van der Waals surface area contributed by atoms with Gasteiger partial charge in [-0.1, -0.05) is 41.6 Å². The number of allylic oxidation sites excluding steroid dienone is 1. The predicted octanol–water partition coefficient (Wildman–Crippen LogP) is 3.78. The van der Waals surface area contributed by atoms with Gasteiger partial charge in [0, 0.05) is 19.2 Å². The fourth-order valence-corrected chi connectivity index (χ4v) is 3.54. The van der Waals surface area contributed by atoms with Crippen LogP contribution in [-0.2, 0) is 17.9 Å². The Morgan fingerprint density at radius 1 is 1.33 bits per heavy atom. The van der Waals surface area contributed by atoms with Gasteiger partial charge >= 0.3 is 0 Å². The molecule has 0 aliphatic rings. The van der Waals surface area contributed by atoms with Gasteiger partial charge in [0.2, 0.25) is 5.91 Å². The number of furan rings is 1. The van der Waals surface area contributed by atoms with E-state index in [1.54, 1.807) is 24.3 Å². The molecule has 2 aromatic heterocycles. The summed E-state index contributed by atoms with van der Waals surface area (Å²) in [5, 5.41) is 9.32. The quantitative estimate of drug-likeness (QED) is 0.438. The third-order valence-corrected chi connectivity index (χ3v) is 4.98. The Kier molecular flexibility index (Phi) is 6.13. The highest BCUT2D eigenvalue weighted by molar-refractivity contribution is 7.99. The van der Waals surface area contributed by atoms with Crippen molar-refractivity contribution in [2.24, 2.45) is 0 Å². The van der Waals surface area contributed by atoms with Gasteiger partial charge in [0.1, 0.15) is 5.76 Å². The van der Waals surface area contributed by atoms with Crippen LogP contribution in [0, 0.1) is 6.92 Å². The van der Waals surface area contributed by atoms with Crippen molar-refractivity contribution in [3.63, 3.8) is 0 Å². The van der Waals surface area contributed by atoms with Crippen LogP contribution >= 0.6 is 11.8 Å². The number of amides is 1. The molecule has 3 aromatic rings. The average molecular weight is 382 g/mol. The summed E-state index contributed by atoms with van der Waals surface area (Å²) >= 11 is 1.38. The molecule has 140 valence electrons. The van der Waals surface area contributed by atoms with Crippen LogP contribution in [0.1, 0.15) is 11.3 Å². The van der Waals surface area contributed by atoms with Crippen LogP contribution in [0.5, 0.6) is 0 Å². The van der Waals surface area contributed by atoms with Crippen molar-refractivity contribution in [3.05, 3.63) is 66.6 Å². The first-order chi connectivity index (χ1) is 13.1. The second kappa shape index (κ2) is 8.73. The van der Waals surface area contributed by atoms with Crippen molar-refractivity contribution in [2.75, 3.05) is 12.8 Å². The molecule has 0 unspecified atom stereocenters. The molecule has 0 fully saturated rings. The summed E-state index contributed by atoms with van der Waals surface area (Å²) in [6.45, 7) is 6.89. The first kappa shape index (κ1) is 19.0. The highest BCUT2D eigenvalue weighted by Crippen LogP contribution is 2.25. The second-order valence-electron chi connectivity index (χ2n) is 6.19. The lowest BCUT2D eigenvalue weighted by Crippen LogP contribution is -2.27. The van der Waals surface area contributed by atoms with Crippen LogP contribution in [0.25, 0.3) is 11.4 Å². The molecule has 0 saturated carbocycles. The maximum Gasteiger partial charge on any atom is 0.233 e. The normalized spacial score (nSPS) is 10.7. The van der Waals surface area contributed by atoms with Gasteiger partial charge < -0.3 is 9.32 Å². The first-order valence-corrected chi connectivity index (χ1v) is 9.57. The van der Waals surface area contributed by atoms with Crippen LogP contribution in [-0.4, -0.2) is 38.4 Å². The lowest BCUT2D eigenvalue weighted by Gasteiger charge is -2.15. The molecule has 3 rings (SSSR count). The van der Waals surface area contributed by atoms with Gasteiger partial charge in [0.25, 0.3) is 0 Å². The molecule has 1 aromatic carbocycles. The summed E-state index contributed by atoms with van der Waals surface area (Å²) in [6.07, 6.45) is 3.41. The first-order valence-electron chi connectivity index (χ1n) is 8.58. The fourth-order valence-electron chi connectivity index (χ4n) is 2.65. The number of thioether (sulfide) groups is 1. The minimum absolute atomic E-state index is 0.00154. The van der Waals surface area contributed by atoms with E-state index in [2.05, 4.69) is 22.8 Å². The van der Waals surface area contributed by atoms with E-state index < -0.39 is 0 Å². The highest BCUT2D eigenvalue weighted by atomic mass is 32.2. The van der Waals surface area contributed by atoms with Gasteiger partial charge in [-0.25, -0.2) is 0 Å². The summed E-state index contributed by atoms with van der Waals surface area (Å²) in [5.74, 6) is 1.81. The monoisotopic (exact) mass is 382 g/mol. The molecule has 1 amide bonds. The third kappa shape index (κ3) is 4.68. The molecule has 0 aliphatic heterocycles. The molecule has 0 saturated heterocycles. The average Bonchev–Trinajstić information content (AvgIpc) is 3.30. The Hall–Kier alpha value is -2.80. The lowest BCUT2D eigenvalue weighted by atomic mass is 10.1. The predicted molar refractivity (Wildman–Crippen MR) is 106 cm³/mol. The number of carbonyl (C=O) groups excluding carboxylic acids is 1. The van der Waals surface area contributed by atoms with Gasteiger partial charge in [-0.3, -0.25) is 9.36 Å². The molecular formula is C20H22N4O2S. The summed E-state index contributed by atoms with van der Waals surface area (Å²) in [4.78, 5) is 14.1. The molecule has 0 spiro atoms. The van der Waals surface area contributed by atoms with E-state index >= 15 is 0 Å². The van der Waals surface area contributed by atoms with Crippen molar-refractivity contribution < 1.29 is 9.21 Å². The summed E-state index contributed by atoms with van der Waals surface area (Å²) < 4.78 is 7.27. The maximum atomic E-state index is 12.4. The molecule has 0 N–H and O–H groups in total. The number of benzene rings is 1. The SMILES string of the molecule is C=CCn1c(SCC(=O)N(C)Cc2ccco2)nnc1-c1cccc(C)c1. The second-order valence-corrected chi connectivity index (χ2v) is 7.14. The van der Waals surface area contributed by atoms with E-state index in [1.807, 2.05) is 41.8 Å². The van der Waals surface area contributed by atoms with Gasteiger partial charge in [-0.05, 0) is 25.1 Å². The van der Waals surface area contributed by atoms with Crippen molar-refractivity contribution in [1.82, 2.24) is 19.7 Å². The Balaban J connectivity index is 1.71. The van der Waals surface area contributed by atoms with Gasteiger partial charge in [-0.15, -0.1) is 16.8 Å². The van der Waals surface area contributed by atoms with E-state index in [4.69, 9.17) is 4.42 Å². The molecule has 0 aliphatic carbocycles. The van der Waals surface area contributed by atoms with Crippen molar-refractivity contribution in [2.45, 2.75) is 25.2 Å². The van der Waals surface area contributed by atoms with E-state index in [-0.39, 0.29) is 11.7 Å². The van der Waals surface area contributed by atoms with Gasteiger partial charge in [0.05, 0.1) is 18.6 Å². The van der Waals surface area contributed by atoms with E-state index in [1.165, 1.54) is 11.8 Å². The topological polar surface area (TPSA) is 64.2 Å². The molecule has 2 heterocycles. The van der Waals surface area contributed by atoms with Crippen LogP contribution in [0.4, 0.5) is 0 Å². The van der Waals surface area contributed by atoms with Crippen molar-refractivity contribution in [1.29, 1.82) is 0 Å². The zero-order chi connectivity index (χ0) is 19.2. The number of aryl methyl sites for hydroxylation is 1. The van der Waals surface area contributed by atoms with Crippen LogP contribution in [0.15, 0.2) is 64.9 Å². The summed E-state index contributed by atoms with van der Waals surface area (Å²) in [5.41, 5.74) is 2.15. The number of aromatic nitrogens is 3. The standard InChI is InChI=1S/C20H22N4O2S/c1-4-10-24-19(16-8-5-7-15(2)12-16)21-22-20(24)27-14-18(25)23(3)13-17-9-6-11-26-17/h4-9,11-12H,1,10,13-14H2,2-3H3. The minimum Gasteiger partial charge on any atom is -0.467 e. The van der Waals surface area contributed by atoms with Crippen molar-refractivity contribution >= 4 is 17.7 Å². The van der Waals surface area contributed by atoms with E-state index in [9.17, 15) is 4.79 Å². The van der Waals surface area contributed by atoms with Crippen LogP contribution in [0.2, 0.25) is 0 Å². The minimum atomic E-state index is 0.00154. The van der Waals surface area contributed by atoms with E-state index in [0.29, 0.717) is 18.2 Å². The maximum absolute atomic E-state index is 12.4. The molecule has 0 radical (unpaired) electrons. The molecule has 0 atom stereocenters.